The molecule has 0 bridgehead atoms. The number of benzene rings is 2. The van der Waals surface area contributed by atoms with Crippen LogP contribution in [0, 0.1) is 12.8 Å². The Morgan fingerprint density at radius 2 is 1.89 bits per heavy atom. The fourth-order valence-electron chi connectivity index (χ4n) is 4.45. The zero-order valence-electron chi connectivity index (χ0n) is 22.0. The number of ketones is 1. The predicted octanol–water partition coefficient (Wildman–Crippen LogP) is 5.15. The molecular weight excluding hydrogens is 484 g/mol. The summed E-state index contributed by atoms with van der Waals surface area (Å²) in [6, 6.07) is 12.5. The van der Waals surface area contributed by atoms with Crippen molar-refractivity contribution in [1.29, 1.82) is 0 Å². The number of ether oxygens (including phenoxy) is 2. The molecule has 1 fully saturated rings. The lowest BCUT2D eigenvalue weighted by Gasteiger charge is -2.26. The van der Waals surface area contributed by atoms with Crippen molar-refractivity contribution < 1.29 is 29.3 Å². The minimum atomic E-state index is -0.911. The largest absolute Gasteiger partial charge is 0.507 e. The normalized spacial score (nSPS) is 16.8. The summed E-state index contributed by atoms with van der Waals surface area (Å²) in [7, 11) is 0. The van der Waals surface area contributed by atoms with Gasteiger partial charge in [0, 0.05) is 24.5 Å². The molecule has 0 radical (unpaired) electrons. The maximum absolute atomic E-state index is 13.4. The molecule has 0 saturated carbocycles. The predicted molar refractivity (Wildman–Crippen MR) is 143 cm³/mol. The number of likely N-dealkylation sites (tertiary alicyclic amines) is 1. The molecule has 2 N–H and O–H groups in total. The maximum Gasteiger partial charge on any atom is 0.295 e. The van der Waals surface area contributed by atoms with Gasteiger partial charge in [-0.25, -0.2) is 0 Å². The molecule has 3 aromatic rings. The lowest BCUT2D eigenvalue weighted by Crippen LogP contribution is -2.29. The van der Waals surface area contributed by atoms with Crippen molar-refractivity contribution in [1.82, 2.24) is 9.88 Å². The Labute approximate surface area is 222 Å². The molecule has 1 aliphatic rings. The summed E-state index contributed by atoms with van der Waals surface area (Å²) in [6.07, 6.45) is 3.25. The van der Waals surface area contributed by atoms with E-state index in [1.807, 2.05) is 13.0 Å². The van der Waals surface area contributed by atoms with E-state index < -0.39 is 17.7 Å². The number of hydrogen-bond donors (Lipinski definition) is 2. The number of phenols is 1. The summed E-state index contributed by atoms with van der Waals surface area (Å²) in [5.74, 6) is -0.636. The van der Waals surface area contributed by atoms with Crippen molar-refractivity contribution in [2.45, 2.75) is 40.3 Å². The van der Waals surface area contributed by atoms with E-state index in [4.69, 9.17) is 9.47 Å². The lowest BCUT2D eigenvalue weighted by atomic mass is 9.93. The number of phenolic OH excluding ortho intramolecular Hbond substituents is 1. The Morgan fingerprint density at radius 1 is 1.11 bits per heavy atom. The van der Waals surface area contributed by atoms with Crippen LogP contribution in [0.15, 0.2) is 66.5 Å². The van der Waals surface area contributed by atoms with Crippen LogP contribution in [0.4, 0.5) is 0 Å². The van der Waals surface area contributed by atoms with Gasteiger partial charge in [0.05, 0.1) is 24.8 Å². The molecule has 8 heteroatoms. The van der Waals surface area contributed by atoms with Crippen LogP contribution in [-0.2, 0) is 16.1 Å². The fourth-order valence-corrected chi connectivity index (χ4v) is 4.45. The quantitative estimate of drug-likeness (QED) is 0.230. The van der Waals surface area contributed by atoms with E-state index in [-0.39, 0.29) is 29.4 Å². The van der Waals surface area contributed by atoms with E-state index in [0.717, 1.165) is 5.56 Å². The first-order valence-electron chi connectivity index (χ1n) is 12.6. The second-order valence-electron chi connectivity index (χ2n) is 9.63. The number of Topliss-reactive ketones (excluding diaryl/α,β-unsaturated/α-hetero) is 1. The smallest absolute Gasteiger partial charge is 0.295 e. The minimum Gasteiger partial charge on any atom is -0.507 e. The summed E-state index contributed by atoms with van der Waals surface area (Å²) in [5.41, 5.74) is 2.33. The lowest BCUT2D eigenvalue weighted by molar-refractivity contribution is -0.140. The minimum absolute atomic E-state index is 0.0361. The number of carbonyl (C=O) groups excluding carboxylic acids is 2. The van der Waals surface area contributed by atoms with E-state index >= 15 is 0 Å². The number of amides is 1. The van der Waals surface area contributed by atoms with Crippen LogP contribution in [0.5, 0.6) is 17.2 Å². The van der Waals surface area contributed by atoms with Crippen LogP contribution in [0.2, 0.25) is 0 Å². The van der Waals surface area contributed by atoms with E-state index in [0.29, 0.717) is 41.6 Å². The highest BCUT2D eigenvalue weighted by Crippen LogP contribution is 2.43. The van der Waals surface area contributed by atoms with Gasteiger partial charge in [-0.1, -0.05) is 26.0 Å². The Kier molecular flexibility index (Phi) is 8.00. The van der Waals surface area contributed by atoms with Gasteiger partial charge in [-0.05, 0) is 72.9 Å². The van der Waals surface area contributed by atoms with Gasteiger partial charge < -0.3 is 24.6 Å². The van der Waals surface area contributed by atoms with Crippen LogP contribution in [0.25, 0.3) is 5.76 Å². The molecular formula is C30H32N2O6. The molecule has 1 unspecified atom stereocenters. The third kappa shape index (κ3) is 5.49. The molecule has 4 rings (SSSR count). The van der Waals surface area contributed by atoms with Gasteiger partial charge in [-0.3, -0.25) is 14.6 Å². The highest BCUT2D eigenvalue weighted by atomic mass is 16.5. The van der Waals surface area contributed by atoms with Crippen LogP contribution >= 0.6 is 0 Å². The molecule has 1 saturated heterocycles. The van der Waals surface area contributed by atoms with Crippen molar-refractivity contribution in [2.75, 3.05) is 13.2 Å². The molecule has 1 aliphatic heterocycles. The number of hydrogen-bond acceptors (Lipinski definition) is 7. The second-order valence-corrected chi connectivity index (χ2v) is 9.63. The van der Waals surface area contributed by atoms with Crippen LogP contribution in [0.3, 0.4) is 0 Å². The van der Waals surface area contributed by atoms with Gasteiger partial charge in [0.15, 0.2) is 11.5 Å². The maximum atomic E-state index is 13.4. The summed E-state index contributed by atoms with van der Waals surface area (Å²) in [4.78, 5) is 32.2. The fraction of sp³-hybridized carbons (Fsp3) is 0.300. The van der Waals surface area contributed by atoms with E-state index in [1.165, 1.54) is 11.0 Å². The molecule has 1 atom stereocenters. The third-order valence-electron chi connectivity index (χ3n) is 6.25. The number of pyridine rings is 1. The summed E-state index contributed by atoms with van der Waals surface area (Å²) in [6.45, 7) is 8.68. The van der Waals surface area contributed by atoms with Crippen LogP contribution in [0.1, 0.15) is 49.1 Å². The van der Waals surface area contributed by atoms with E-state index in [9.17, 15) is 19.8 Å². The van der Waals surface area contributed by atoms with E-state index in [2.05, 4.69) is 18.8 Å². The van der Waals surface area contributed by atoms with Crippen molar-refractivity contribution in [3.8, 4) is 17.2 Å². The highest BCUT2D eigenvalue weighted by molar-refractivity contribution is 6.46. The Balaban J connectivity index is 1.83. The van der Waals surface area contributed by atoms with Gasteiger partial charge in [0.2, 0.25) is 0 Å². The van der Waals surface area contributed by atoms with Gasteiger partial charge in [-0.2, -0.15) is 0 Å². The first-order valence-corrected chi connectivity index (χ1v) is 12.6. The summed E-state index contributed by atoms with van der Waals surface area (Å²) in [5, 5.41) is 21.7. The Morgan fingerprint density at radius 3 is 2.55 bits per heavy atom. The Bertz CT molecular complexity index is 1370. The molecule has 2 heterocycles. The zero-order valence-corrected chi connectivity index (χ0v) is 22.0. The zero-order chi connectivity index (χ0) is 27.4. The SMILES string of the molecule is CCOc1cc(C2C(=C(O)c3ccc(OCC(C)C)cc3C)C(=O)C(=O)N2Cc2cccnc2)ccc1O. The molecule has 1 aromatic heterocycles. The molecule has 0 aliphatic carbocycles. The topological polar surface area (TPSA) is 109 Å². The van der Waals surface area contributed by atoms with Crippen molar-refractivity contribution in [2.24, 2.45) is 5.92 Å². The number of aliphatic hydroxyl groups excluding tert-OH is 1. The average Bonchev–Trinajstić information content (AvgIpc) is 3.14. The van der Waals surface area contributed by atoms with Crippen LogP contribution < -0.4 is 9.47 Å². The number of nitrogens with zero attached hydrogens (tertiary/aromatic N) is 2. The molecule has 8 nitrogen and oxygen atoms in total. The molecule has 0 spiro atoms. The highest BCUT2D eigenvalue weighted by Gasteiger charge is 2.46. The van der Waals surface area contributed by atoms with Gasteiger partial charge in [0.25, 0.3) is 11.7 Å². The number of aryl methyl sites for hydroxylation is 1. The van der Waals surface area contributed by atoms with Gasteiger partial charge >= 0.3 is 0 Å². The van der Waals surface area contributed by atoms with Crippen molar-refractivity contribution in [3.05, 3.63) is 88.8 Å². The number of aliphatic hydroxyl groups is 1. The number of rotatable bonds is 9. The molecule has 2 aromatic carbocycles. The number of carbonyl (C=O) groups is 2. The average molecular weight is 517 g/mol. The number of aromatic nitrogens is 1. The molecule has 38 heavy (non-hydrogen) atoms. The first kappa shape index (κ1) is 26.7. The third-order valence-corrected chi connectivity index (χ3v) is 6.25. The number of aromatic hydroxyl groups is 1. The summed E-state index contributed by atoms with van der Waals surface area (Å²) < 4.78 is 11.4. The standard InChI is InChI=1S/C30H32N2O6/c1-5-37-25-14-21(8-11-24(25)33)27-26(29(35)30(36)32(27)16-20-7-6-12-31-15-20)28(34)23-10-9-22(13-19(23)4)38-17-18(2)3/h6-15,18,27,33-34H,5,16-17H2,1-4H3. The van der Waals surface area contributed by atoms with Crippen LogP contribution in [-0.4, -0.2) is 45.0 Å². The molecule has 1 amide bonds. The monoisotopic (exact) mass is 516 g/mol. The van der Waals surface area contributed by atoms with Crippen molar-refractivity contribution >= 4 is 17.4 Å². The second kappa shape index (κ2) is 11.4. The molecule has 198 valence electrons. The Hall–Kier alpha value is -4.33. The summed E-state index contributed by atoms with van der Waals surface area (Å²) >= 11 is 0. The van der Waals surface area contributed by atoms with Gasteiger partial charge in [0.1, 0.15) is 11.5 Å². The van der Waals surface area contributed by atoms with E-state index in [1.54, 1.807) is 55.7 Å². The first-order chi connectivity index (χ1) is 18.2. The van der Waals surface area contributed by atoms with Gasteiger partial charge in [-0.15, -0.1) is 0 Å². The van der Waals surface area contributed by atoms with Crippen molar-refractivity contribution in [3.63, 3.8) is 0 Å².